The highest BCUT2D eigenvalue weighted by Gasteiger charge is 2.18. The summed E-state index contributed by atoms with van der Waals surface area (Å²) in [6, 6.07) is 4.21. The van der Waals surface area contributed by atoms with E-state index in [1.54, 1.807) is 26.8 Å². The lowest BCUT2D eigenvalue weighted by atomic mass is 10.1. The molecule has 0 unspecified atom stereocenters. The minimum atomic E-state index is -0.577. The molecule has 0 saturated carbocycles. The van der Waals surface area contributed by atoms with Crippen LogP contribution in [0.5, 0.6) is 0 Å². The monoisotopic (exact) mass is 229 g/mol. The molecule has 0 atom stereocenters. The lowest BCUT2D eigenvalue weighted by Crippen LogP contribution is -2.29. The third-order valence-corrected chi connectivity index (χ3v) is 2.12. The molecule has 0 N–H and O–H groups in total. The predicted molar refractivity (Wildman–Crippen MR) is 60.0 cm³/mol. The van der Waals surface area contributed by atoms with Crippen LogP contribution in [-0.2, 0) is 0 Å². The van der Waals surface area contributed by atoms with Gasteiger partial charge >= 0.3 is 0 Å². The van der Waals surface area contributed by atoms with Crippen LogP contribution in [0, 0.1) is 11.0 Å². The molecule has 0 fully saturated rings. The molecule has 1 rings (SSSR count). The molecule has 1 aromatic rings. The van der Waals surface area contributed by atoms with Crippen molar-refractivity contribution < 1.29 is 9.13 Å². The molecule has 0 bridgehead atoms. The van der Waals surface area contributed by atoms with Crippen LogP contribution in [0.3, 0.4) is 0 Å². The van der Waals surface area contributed by atoms with Crippen LogP contribution in [0.4, 0.5) is 4.39 Å². The molecular formula is C11H13ClFNO. The lowest BCUT2D eigenvalue weighted by molar-refractivity contribution is -0.530. The third kappa shape index (κ3) is 3.20. The standard InChI is InChI=1S/C11H13ClFNO/c1-11(2,3)14(15)7-8-4-5-9(12)6-10(8)13/h4-7H,1-3H3. The van der Waals surface area contributed by atoms with Gasteiger partial charge in [-0.15, -0.1) is 0 Å². The summed E-state index contributed by atoms with van der Waals surface area (Å²) in [6.45, 7) is 5.26. The Labute approximate surface area is 93.6 Å². The molecule has 0 aliphatic heterocycles. The van der Waals surface area contributed by atoms with Crippen LogP contribution in [-0.4, -0.2) is 16.5 Å². The van der Waals surface area contributed by atoms with Crippen LogP contribution < -0.4 is 0 Å². The molecule has 0 aliphatic rings. The summed E-state index contributed by atoms with van der Waals surface area (Å²) in [6.07, 6.45) is 1.23. The van der Waals surface area contributed by atoms with E-state index in [1.165, 1.54) is 18.3 Å². The van der Waals surface area contributed by atoms with Gasteiger partial charge in [-0.2, -0.15) is 0 Å². The summed E-state index contributed by atoms with van der Waals surface area (Å²) in [7, 11) is 0. The van der Waals surface area contributed by atoms with Crippen LogP contribution >= 0.6 is 11.6 Å². The molecule has 0 heterocycles. The average molecular weight is 230 g/mol. The van der Waals surface area contributed by atoms with E-state index in [2.05, 4.69) is 0 Å². The fraction of sp³-hybridized carbons (Fsp3) is 0.364. The Hall–Kier alpha value is -1.09. The Bertz CT molecular complexity index is 396. The molecule has 15 heavy (non-hydrogen) atoms. The van der Waals surface area contributed by atoms with Crippen LogP contribution in [0.15, 0.2) is 18.2 Å². The topological polar surface area (TPSA) is 26.1 Å². The van der Waals surface area contributed by atoms with Gasteiger partial charge in [0.15, 0.2) is 11.8 Å². The zero-order chi connectivity index (χ0) is 11.6. The third-order valence-electron chi connectivity index (χ3n) is 1.88. The van der Waals surface area contributed by atoms with Crippen molar-refractivity contribution in [2.24, 2.45) is 0 Å². The lowest BCUT2D eigenvalue weighted by Gasteiger charge is -2.18. The van der Waals surface area contributed by atoms with Gasteiger partial charge in [0.25, 0.3) is 0 Å². The van der Waals surface area contributed by atoms with Crippen LogP contribution in [0.2, 0.25) is 5.02 Å². The van der Waals surface area contributed by atoms with Gasteiger partial charge in [0.2, 0.25) is 0 Å². The zero-order valence-corrected chi connectivity index (χ0v) is 9.68. The van der Waals surface area contributed by atoms with Gasteiger partial charge in [0.05, 0.1) is 5.56 Å². The molecule has 0 spiro atoms. The molecule has 2 nitrogen and oxygen atoms in total. The van der Waals surface area contributed by atoms with E-state index in [9.17, 15) is 9.60 Å². The number of hydrogen-bond donors (Lipinski definition) is 0. The van der Waals surface area contributed by atoms with Crippen LogP contribution in [0.25, 0.3) is 0 Å². The van der Waals surface area contributed by atoms with Crippen LogP contribution in [0.1, 0.15) is 26.3 Å². The smallest absolute Gasteiger partial charge is 0.185 e. The van der Waals surface area contributed by atoms with E-state index >= 15 is 0 Å². The summed E-state index contributed by atoms with van der Waals surface area (Å²) < 4.78 is 14.0. The van der Waals surface area contributed by atoms with E-state index in [4.69, 9.17) is 11.6 Å². The molecule has 0 amide bonds. The second kappa shape index (κ2) is 4.19. The van der Waals surface area contributed by atoms with Crippen molar-refractivity contribution in [2.45, 2.75) is 26.3 Å². The van der Waals surface area contributed by atoms with Crippen molar-refractivity contribution in [1.82, 2.24) is 0 Å². The fourth-order valence-corrected chi connectivity index (χ4v) is 1.08. The number of nitrogens with zero attached hydrogens (tertiary/aromatic N) is 1. The minimum absolute atomic E-state index is 0.240. The Morgan fingerprint density at radius 2 is 2.00 bits per heavy atom. The van der Waals surface area contributed by atoms with Crippen molar-refractivity contribution in [3.8, 4) is 0 Å². The molecule has 0 aromatic heterocycles. The van der Waals surface area contributed by atoms with E-state index in [-0.39, 0.29) is 5.56 Å². The summed E-state index contributed by atoms with van der Waals surface area (Å²) in [5, 5.41) is 11.9. The van der Waals surface area contributed by atoms with Gasteiger partial charge in [-0.05, 0) is 18.2 Å². The van der Waals surface area contributed by atoms with Crippen molar-refractivity contribution in [3.05, 3.63) is 39.8 Å². The average Bonchev–Trinajstić information content (AvgIpc) is 2.08. The summed E-state index contributed by atoms with van der Waals surface area (Å²) in [5.41, 5.74) is -0.337. The first kappa shape index (κ1) is 12.0. The number of rotatable bonds is 1. The molecule has 0 aliphatic carbocycles. The van der Waals surface area contributed by atoms with Gasteiger partial charge in [0.1, 0.15) is 5.82 Å². The highest BCUT2D eigenvalue weighted by molar-refractivity contribution is 6.30. The van der Waals surface area contributed by atoms with E-state index in [1.807, 2.05) is 0 Å². The minimum Gasteiger partial charge on any atom is -0.623 e. The normalized spacial score (nSPS) is 13.0. The number of hydrogen-bond acceptors (Lipinski definition) is 1. The highest BCUT2D eigenvalue weighted by Crippen LogP contribution is 2.14. The SMILES string of the molecule is CC(C)(C)[N+]([O-])=Cc1ccc(Cl)cc1F. The molecule has 4 heteroatoms. The maximum Gasteiger partial charge on any atom is 0.185 e. The molecule has 0 radical (unpaired) electrons. The Morgan fingerprint density at radius 3 is 2.47 bits per heavy atom. The largest absolute Gasteiger partial charge is 0.623 e. The molecule has 0 saturated heterocycles. The van der Waals surface area contributed by atoms with Crippen molar-refractivity contribution in [3.63, 3.8) is 0 Å². The van der Waals surface area contributed by atoms with E-state index in [0.29, 0.717) is 5.02 Å². The second-order valence-corrected chi connectivity index (χ2v) is 4.73. The first-order valence-corrected chi connectivity index (χ1v) is 4.95. The summed E-state index contributed by atoms with van der Waals surface area (Å²) >= 11 is 5.60. The van der Waals surface area contributed by atoms with Gasteiger partial charge in [0, 0.05) is 25.8 Å². The maximum absolute atomic E-state index is 13.3. The van der Waals surface area contributed by atoms with Gasteiger partial charge in [-0.25, -0.2) is 9.13 Å². The second-order valence-electron chi connectivity index (χ2n) is 4.29. The van der Waals surface area contributed by atoms with Crippen molar-refractivity contribution in [1.29, 1.82) is 0 Å². The number of halogens is 2. The predicted octanol–water partition coefficient (Wildman–Crippen LogP) is 3.21. The maximum atomic E-state index is 13.3. The molecule has 82 valence electrons. The highest BCUT2D eigenvalue weighted by atomic mass is 35.5. The van der Waals surface area contributed by atoms with E-state index in [0.717, 1.165) is 4.74 Å². The Balaban J connectivity index is 3.09. The van der Waals surface area contributed by atoms with Gasteiger partial charge in [-0.3, -0.25) is 0 Å². The number of hydroxylamine groups is 1. The Morgan fingerprint density at radius 1 is 1.40 bits per heavy atom. The number of benzene rings is 1. The van der Waals surface area contributed by atoms with Gasteiger partial charge in [-0.1, -0.05) is 11.6 Å². The quantitative estimate of drug-likeness (QED) is 0.314. The molecular weight excluding hydrogens is 217 g/mol. The van der Waals surface area contributed by atoms with Crippen molar-refractivity contribution in [2.75, 3.05) is 0 Å². The fourth-order valence-electron chi connectivity index (χ4n) is 0.926. The van der Waals surface area contributed by atoms with Gasteiger partial charge < -0.3 is 5.21 Å². The van der Waals surface area contributed by atoms with Crippen molar-refractivity contribution >= 4 is 17.8 Å². The first-order valence-electron chi connectivity index (χ1n) is 4.57. The summed E-state index contributed by atoms with van der Waals surface area (Å²) in [5.74, 6) is -0.493. The molecule has 1 aromatic carbocycles. The van der Waals surface area contributed by atoms with E-state index < -0.39 is 11.4 Å². The summed E-state index contributed by atoms with van der Waals surface area (Å²) in [4.78, 5) is 0. The zero-order valence-electron chi connectivity index (χ0n) is 8.92. The Kier molecular flexibility index (Phi) is 3.35. The first-order chi connectivity index (χ1) is 6.80.